The van der Waals surface area contributed by atoms with E-state index < -0.39 is 54.2 Å². The van der Waals surface area contributed by atoms with Crippen LogP contribution in [-0.4, -0.2) is 77.6 Å². The van der Waals surface area contributed by atoms with E-state index in [4.69, 9.17) is 18.9 Å². The Morgan fingerprint density at radius 1 is 0.585 bits per heavy atom. The van der Waals surface area contributed by atoms with Crippen LogP contribution in [0.1, 0.15) is 60.8 Å². The van der Waals surface area contributed by atoms with Gasteiger partial charge >= 0.3 is 24.1 Å². The zero-order valence-corrected chi connectivity index (χ0v) is 29.2. The molecule has 4 N–H and O–H groups in total. The number of carboxylic acid groups (broad SMARTS) is 2. The Kier molecular flexibility index (Phi) is 9.91. The molecule has 274 valence electrons. The molecule has 0 unspecified atom stereocenters. The average molecular weight is 721 g/mol. The Morgan fingerprint density at radius 3 is 1.19 bits per heavy atom. The number of rotatable bonds is 12. The highest BCUT2D eigenvalue weighted by molar-refractivity contribution is 5.82. The Hall–Kier alpha value is -5.72. The van der Waals surface area contributed by atoms with Crippen molar-refractivity contribution in [2.45, 2.75) is 68.6 Å². The molecule has 0 bridgehead atoms. The number of alkyl carbamates (subject to hydrolysis) is 2. The number of amides is 2. The van der Waals surface area contributed by atoms with Gasteiger partial charge < -0.3 is 39.8 Å². The number of aliphatic carboxylic acids is 2. The molecular weight excluding hydrogens is 680 g/mol. The van der Waals surface area contributed by atoms with E-state index in [0.717, 1.165) is 44.5 Å². The normalized spacial score (nSPS) is 19.2. The fraction of sp³-hybridized carbons (Fsp3) is 0.317. The third kappa shape index (κ3) is 7.46. The van der Waals surface area contributed by atoms with Gasteiger partial charge in [0.1, 0.15) is 25.3 Å². The molecule has 0 aromatic heterocycles. The molecule has 12 nitrogen and oxygen atoms in total. The monoisotopic (exact) mass is 720 g/mol. The van der Waals surface area contributed by atoms with E-state index in [-0.39, 0.29) is 37.9 Å². The number of carboxylic acids is 2. The topological polar surface area (TPSA) is 170 Å². The maximum atomic E-state index is 13.0. The summed E-state index contributed by atoms with van der Waals surface area (Å²) < 4.78 is 23.1. The number of hydrogen-bond donors (Lipinski definition) is 4. The first-order valence-corrected chi connectivity index (χ1v) is 17.5. The summed E-state index contributed by atoms with van der Waals surface area (Å²) in [5, 5.41) is 25.0. The van der Waals surface area contributed by atoms with Crippen LogP contribution in [0.15, 0.2) is 97.1 Å². The van der Waals surface area contributed by atoms with Crippen molar-refractivity contribution in [2.75, 3.05) is 13.2 Å². The lowest BCUT2D eigenvalue weighted by Gasteiger charge is -2.24. The van der Waals surface area contributed by atoms with Crippen molar-refractivity contribution >= 4 is 24.1 Å². The van der Waals surface area contributed by atoms with Crippen molar-refractivity contribution in [1.29, 1.82) is 0 Å². The van der Waals surface area contributed by atoms with Gasteiger partial charge in [-0.2, -0.15) is 0 Å². The maximum absolute atomic E-state index is 13.0. The third-order valence-corrected chi connectivity index (χ3v) is 10.1. The number of hydrogen-bond acceptors (Lipinski definition) is 8. The van der Waals surface area contributed by atoms with E-state index in [1.807, 2.05) is 97.1 Å². The van der Waals surface area contributed by atoms with Crippen molar-refractivity contribution in [3.8, 4) is 22.3 Å². The Morgan fingerprint density at radius 2 is 0.887 bits per heavy atom. The predicted molar refractivity (Wildman–Crippen MR) is 192 cm³/mol. The molecule has 12 heteroatoms. The summed E-state index contributed by atoms with van der Waals surface area (Å²) in [5.74, 6) is -4.31. The van der Waals surface area contributed by atoms with Crippen LogP contribution in [0.5, 0.6) is 0 Å². The smallest absolute Gasteiger partial charge is 0.407 e. The van der Waals surface area contributed by atoms with E-state index in [9.17, 15) is 29.4 Å². The van der Waals surface area contributed by atoms with Crippen molar-refractivity contribution in [2.24, 2.45) is 0 Å². The second-order valence-electron chi connectivity index (χ2n) is 13.9. The molecular formula is C41H40N2O10. The number of carbonyl (C=O) groups excluding carboxylic acids is 2. The Labute approximate surface area is 306 Å². The van der Waals surface area contributed by atoms with Gasteiger partial charge in [-0.15, -0.1) is 0 Å². The highest BCUT2D eigenvalue weighted by Gasteiger charge is 2.45. The summed E-state index contributed by atoms with van der Waals surface area (Å²) in [6, 6.07) is 28.5. The molecule has 1 saturated heterocycles. The van der Waals surface area contributed by atoms with Crippen LogP contribution in [0, 0.1) is 0 Å². The minimum atomic E-state index is -1.45. The predicted octanol–water partition coefficient (Wildman–Crippen LogP) is 6.27. The van der Waals surface area contributed by atoms with Gasteiger partial charge in [0.25, 0.3) is 0 Å². The molecule has 1 fully saturated rings. The largest absolute Gasteiger partial charge is 0.480 e. The van der Waals surface area contributed by atoms with Gasteiger partial charge in [-0.3, -0.25) is 0 Å². The van der Waals surface area contributed by atoms with Gasteiger partial charge in [-0.05, 0) is 58.4 Å². The molecule has 0 saturated carbocycles. The minimum absolute atomic E-state index is 0.00722. The molecule has 4 aromatic carbocycles. The van der Waals surface area contributed by atoms with Crippen LogP contribution >= 0.6 is 0 Å². The fourth-order valence-electron chi connectivity index (χ4n) is 7.78. The van der Waals surface area contributed by atoms with Gasteiger partial charge in [0.05, 0.1) is 12.2 Å². The molecule has 4 aromatic rings. The Bertz CT molecular complexity index is 1810. The van der Waals surface area contributed by atoms with E-state index in [0.29, 0.717) is 0 Å². The molecule has 7 rings (SSSR count). The van der Waals surface area contributed by atoms with Crippen molar-refractivity contribution in [1.82, 2.24) is 10.6 Å². The van der Waals surface area contributed by atoms with Crippen LogP contribution in [0.3, 0.4) is 0 Å². The summed E-state index contributed by atoms with van der Waals surface area (Å²) in [6.07, 6.45) is -4.27. The molecule has 0 radical (unpaired) electrons. The van der Waals surface area contributed by atoms with E-state index in [2.05, 4.69) is 10.6 Å². The highest BCUT2D eigenvalue weighted by atomic mass is 16.8. The van der Waals surface area contributed by atoms with Gasteiger partial charge in [0.2, 0.25) is 0 Å². The first-order chi connectivity index (χ1) is 25.5. The highest BCUT2D eigenvalue weighted by Crippen LogP contribution is 2.45. The van der Waals surface area contributed by atoms with Gasteiger partial charge in [-0.1, -0.05) is 97.1 Å². The van der Waals surface area contributed by atoms with Crippen molar-refractivity contribution in [3.63, 3.8) is 0 Å². The molecule has 53 heavy (non-hydrogen) atoms. The van der Waals surface area contributed by atoms with Crippen LogP contribution in [0.2, 0.25) is 0 Å². The number of carbonyl (C=O) groups is 4. The molecule has 2 amide bonds. The molecule has 3 aliphatic rings. The molecule has 0 spiro atoms. The lowest BCUT2D eigenvalue weighted by molar-refractivity contribution is -0.152. The zero-order chi connectivity index (χ0) is 37.3. The van der Waals surface area contributed by atoms with E-state index in [1.54, 1.807) is 13.8 Å². The first-order valence-electron chi connectivity index (χ1n) is 17.5. The number of fused-ring (bicyclic) bond motifs is 6. The van der Waals surface area contributed by atoms with Crippen LogP contribution in [0.25, 0.3) is 22.3 Å². The zero-order valence-electron chi connectivity index (χ0n) is 29.2. The first kappa shape index (κ1) is 35.7. The standard InChI is InChI=1S/C41H40N2O10/c1-41(2)52-35(19-33(37(44)45)42-39(48)50-21-31-27-15-7-3-11-23(27)24-12-4-8-16-28(24)31)36(53-41)20-34(38(46)47)43-40(49)51-22-32-29-17-9-5-13-25(29)26-14-6-10-18-30(26)32/h3-18,31-36H,19-22H2,1-2H3,(H,42,48)(H,43,49)(H,44,45)(H,46,47)/t33-,34-,35+,36+/m0/s1. The SMILES string of the molecule is CC1(C)O[C@H](C[C@H](NC(=O)OCC2c3ccccc3-c3ccccc32)C(=O)O)[C@@H](C[C@H](NC(=O)OCC2c3ccccc3-c3ccccc32)C(=O)O)O1. The second kappa shape index (κ2) is 14.7. The lowest BCUT2D eigenvalue weighted by Crippen LogP contribution is -2.47. The molecule has 1 aliphatic heterocycles. The number of nitrogens with one attached hydrogen (secondary N) is 2. The van der Waals surface area contributed by atoms with E-state index >= 15 is 0 Å². The van der Waals surface area contributed by atoms with Crippen LogP contribution in [-0.2, 0) is 28.5 Å². The second-order valence-corrected chi connectivity index (χ2v) is 13.9. The maximum Gasteiger partial charge on any atom is 0.407 e. The van der Waals surface area contributed by atoms with Gasteiger partial charge in [0.15, 0.2) is 5.79 Å². The van der Waals surface area contributed by atoms with Crippen molar-refractivity contribution < 1.29 is 48.3 Å². The summed E-state index contributed by atoms with van der Waals surface area (Å²) >= 11 is 0. The van der Waals surface area contributed by atoms with Crippen LogP contribution in [0.4, 0.5) is 9.59 Å². The minimum Gasteiger partial charge on any atom is -0.480 e. The van der Waals surface area contributed by atoms with Crippen molar-refractivity contribution in [3.05, 3.63) is 119 Å². The quantitative estimate of drug-likeness (QED) is 0.131. The summed E-state index contributed by atoms with van der Waals surface area (Å²) in [7, 11) is 0. The summed E-state index contributed by atoms with van der Waals surface area (Å²) in [6.45, 7) is 3.21. The molecule has 4 atom stereocenters. The lowest BCUT2D eigenvalue weighted by atomic mass is 9.98. The number of ether oxygens (including phenoxy) is 4. The fourth-order valence-corrected chi connectivity index (χ4v) is 7.78. The summed E-state index contributed by atoms with van der Waals surface area (Å²) in [4.78, 5) is 50.7. The number of benzene rings is 4. The summed E-state index contributed by atoms with van der Waals surface area (Å²) in [5.41, 5.74) is 8.27. The van der Waals surface area contributed by atoms with E-state index in [1.165, 1.54) is 0 Å². The van der Waals surface area contributed by atoms with Gasteiger partial charge in [0, 0.05) is 24.7 Å². The Balaban J connectivity index is 0.966. The molecule has 2 aliphatic carbocycles. The van der Waals surface area contributed by atoms with Crippen LogP contribution < -0.4 is 10.6 Å². The average Bonchev–Trinajstić information content (AvgIpc) is 3.74. The molecule has 1 heterocycles. The third-order valence-electron chi connectivity index (χ3n) is 10.1. The van der Waals surface area contributed by atoms with Gasteiger partial charge in [-0.25, -0.2) is 19.2 Å².